The third-order valence-corrected chi connectivity index (χ3v) is 2.67. The maximum Gasteiger partial charge on any atom is 0.326 e. The number of carbonyl (C=O) groups excluding carboxylic acids is 1. The Balaban J connectivity index is 2.08. The molecule has 0 saturated carbocycles. The van der Waals surface area contributed by atoms with Crippen molar-refractivity contribution in [1.29, 1.82) is 0 Å². The normalized spacial score (nSPS) is 11.8. The molecule has 0 aliphatic heterocycles. The van der Waals surface area contributed by atoms with E-state index in [-0.39, 0.29) is 12.0 Å². The van der Waals surface area contributed by atoms with Crippen LogP contribution in [-0.2, 0) is 11.2 Å². The molecular weight excluding hydrogens is 265 g/mol. The number of nitrogens with zero attached hydrogens (tertiary/aromatic N) is 1. The zero-order chi connectivity index (χ0) is 14.5. The minimum atomic E-state index is -1.18. The molecule has 104 valence electrons. The van der Waals surface area contributed by atoms with Gasteiger partial charge in [-0.15, -0.1) is 0 Å². The number of hydrogen-bond donors (Lipinski definition) is 3. The number of carboxylic acid groups (broad SMARTS) is 1. The van der Waals surface area contributed by atoms with Gasteiger partial charge in [0.05, 0.1) is 6.33 Å². The van der Waals surface area contributed by atoms with Gasteiger partial charge in [0.25, 0.3) is 5.91 Å². The number of amides is 1. The van der Waals surface area contributed by atoms with Crippen LogP contribution < -0.4 is 5.32 Å². The van der Waals surface area contributed by atoms with Gasteiger partial charge in [0.2, 0.25) is 0 Å². The average Bonchev–Trinajstić information content (AvgIpc) is 2.90. The number of benzene rings is 1. The van der Waals surface area contributed by atoms with Crippen molar-refractivity contribution >= 4 is 11.9 Å². The van der Waals surface area contributed by atoms with Gasteiger partial charge in [0.1, 0.15) is 11.9 Å². The van der Waals surface area contributed by atoms with Crippen LogP contribution in [0, 0.1) is 5.82 Å². The minimum absolute atomic E-state index is 0.0659. The highest BCUT2D eigenvalue weighted by Gasteiger charge is 2.21. The lowest BCUT2D eigenvalue weighted by atomic mass is 10.1. The molecule has 1 atom stereocenters. The number of hydrogen-bond acceptors (Lipinski definition) is 3. The maximum absolute atomic E-state index is 13.0. The average molecular weight is 277 g/mol. The summed E-state index contributed by atoms with van der Waals surface area (Å²) in [6.45, 7) is 0. The van der Waals surface area contributed by atoms with Crippen LogP contribution in [0.5, 0.6) is 0 Å². The van der Waals surface area contributed by atoms with Crippen molar-refractivity contribution < 1.29 is 19.1 Å². The summed E-state index contributed by atoms with van der Waals surface area (Å²) in [5.74, 6) is -2.38. The number of carboxylic acids is 1. The number of imidazole rings is 1. The van der Waals surface area contributed by atoms with Crippen molar-refractivity contribution in [1.82, 2.24) is 15.3 Å². The van der Waals surface area contributed by atoms with E-state index in [0.29, 0.717) is 5.69 Å². The molecule has 0 unspecified atom stereocenters. The van der Waals surface area contributed by atoms with E-state index in [0.717, 1.165) is 6.07 Å². The topological polar surface area (TPSA) is 95.1 Å². The lowest BCUT2D eigenvalue weighted by Gasteiger charge is -2.13. The summed E-state index contributed by atoms with van der Waals surface area (Å²) in [6, 6.07) is 3.93. The van der Waals surface area contributed by atoms with Gasteiger partial charge in [0.15, 0.2) is 0 Å². The van der Waals surface area contributed by atoms with Gasteiger partial charge in [0, 0.05) is 23.9 Å². The van der Waals surface area contributed by atoms with Crippen molar-refractivity contribution in [3.63, 3.8) is 0 Å². The van der Waals surface area contributed by atoms with E-state index in [9.17, 15) is 14.0 Å². The number of H-pyrrole nitrogens is 1. The Kier molecular flexibility index (Phi) is 4.09. The number of carbonyl (C=O) groups is 2. The van der Waals surface area contributed by atoms with Crippen LogP contribution in [0.2, 0.25) is 0 Å². The largest absolute Gasteiger partial charge is 0.480 e. The van der Waals surface area contributed by atoms with Gasteiger partial charge < -0.3 is 15.4 Å². The van der Waals surface area contributed by atoms with Crippen molar-refractivity contribution in [3.8, 4) is 0 Å². The second-order valence-corrected chi connectivity index (χ2v) is 4.16. The summed E-state index contributed by atoms with van der Waals surface area (Å²) in [5, 5.41) is 11.4. The number of nitrogens with one attached hydrogen (secondary N) is 2. The van der Waals surface area contributed by atoms with Gasteiger partial charge in [-0.25, -0.2) is 14.2 Å². The molecule has 3 N–H and O–H groups in total. The molecule has 0 spiro atoms. The molecule has 7 heteroatoms. The van der Waals surface area contributed by atoms with Gasteiger partial charge in [-0.1, -0.05) is 6.07 Å². The molecule has 0 radical (unpaired) electrons. The predicted octanol–water partition coefficient (Wildman–Crippen LogP) is 0.974. The summed E-state index contributed by atoms with van der Waals surface area (Å²) in [5.41, 5.74) is 0.651. The number of rotatable bonds is 5. The van der Waals surface area contributed by atoms with Crippen LogP contribution in [0.25, 0.3) is 0 Å². The molecule has 0 aliphatic carbocycles. The first kappa shape index (κ1) is 13.7. The first-order valence-corrected chi connectivity index (χ1v) is 5.83. The smallest absolute Gasteiger partial charge is 0.326 e. The molecular formula is C13H12FN3O3. The Bertz CT molecular complexity index is 613. The summed E-state index contributed by atoms with van der Waals surface area (Å²) < 4.78 is 13.0. The van der Waals surface area contributed by atoms with Crippen LogP contribution in [0.15, 0.2) is 36.8 Å². The van der Waals surface area contributed by atoms with Crippen molar-refractivity contribution in [2.24, 2.45) is 0 Å². The molecule has 0 fully saturated rings. The van der Waals surface area contributed by atoms with E-state index in [4.69, 9.17) is 5.11 Å². The molecule has 6 nitrogen and oxygen atoms in total. The molecule has 1 heterocycles. The fraction of sp³-hybridized carbons (Fsp3) is 0.154. The van der Waals surface area contributed by atoms with E-state index < -0.39 is 23.7 Å². The third-order valence-electron chi connectivity index (χ3n) is 2.67. The summed E-state index contributed by atoms with van der Waals surface area (Å²) in [4.78, 5) is 29.5. The van der Waals surface area contributed by atoms with Crippen molar-refractivity contribution in [3.05, 3.63) is 53.9 Å². The highest BCUT2D eigenvalue weighted by atomic mass is 19.1. The number of aromatic nitrogens is 2. The lowest BCUT2D eigenvalue weighted by Crippen LogP contribution is -2.42. The Hall–Kier alpha value is -2.70. The molecule has 1 amide bonds. The van der Waals surface area contributed by atoms with E-state index in [1.807, 2.05) is 0 Å². The third kappa shape index (κ3) is 3.41. The fourth-order valence-electron chi connectivity index (χ4n) is 1.69. The SMILES string of the molecule is O=C(N[C@H](Cc1cnc[nH]1)C(=O)O)c1cccc(F)c1. The molecule has 1 aromatic heterocycles. The first-order valence-electron chi connectivity index (χ1n) is 5.83. The monoisotopic (exact) mass is 277 g/mol. The highest BCUT2D eigenvalue weighted by molar-refractivity contribution is 5.96. The summed E-state index contributed by atoms with van der Waals surface area (Å²) >= 11 is 0. The Morgan fingerprint density at radius 1 is 1.45 bits per heavy atom. The van der Waals surface area contributed by atoms with Crippen molar-refractivity contribution in [2.75, 3.05) is 0 Å². The standard InChI is InChI=1S/C13H12FN3O3/c14-9-3-1-2-8(4-9)12(18)17-11(13(19)20)5-10-6-15-7-16-10/h1-4,6-7,11H,5H2,(H,15,16)(H,17,18)(H,19,20)/t11-/m1/s1. The highest BCUT2D eigenvalue weighted by Crippen LogP contribution is 2.05. The maximum atomic E-state index is 13.0. The Morgan fingerprint density at radius 3 is 2.85 bits per heavy atom. The van der Waals surface area contributed by atoms with Crippen LogP contribution >= 0.6 is 0 Å². The quantitative estimate of drug-likeness (QED) is 0.759. The zero-order valence-corrected chi connectivity index (χ0v) is 10.3. The van der Waals surface area contributed by atoms with Crippen LogP contribution in [0.3, 0.4) is 0 Å². The lowest BCUT2D eigenvalue weighted by molar-refractivity contribution is -0.139. The Labute approximate surface area is 113 Å². The summed E-state index contributed by atoms with van der Waals surface area (Å²) in [6.07, 6.45) is 2.96. The molecule has 0 bridgehead atoms. The Morgan fingerprint density at radius 2 is 2.25 bits per heavy atom. The van der Waals surface area contributed by atoms with Gasteiger partial charge in [-0.2, -0.15) is 0 Å². The second kappa shape index (κ2) is 5.96. The molecule has 20 heavy (non-hydrogen) atoms. The van der Waals surface area contributed by atoms with E-state index in [1.165, 1.54) is 30.7 Å². The van der Waals surface area contributed by atoms with Crippen LogP contribution in [-0.4, -0.2) is 33.0 Å². The minimum Gasteiger partial charge on any atom is -0.480 e. The van der Waals surface area contributed by atoms with Crippen LogP contribution in [0.1, 0.15) is 16.1 Å². The predicted molar refractivity (Wildman–Crippen MR) is 67.6 cm³/mol. The van der Waals surface area contributed by atoms with Gasteiger partial charge >= 0.3 is 5.97 Å². The fourth-order valence-corrected chi connectivity index (χ4v) is 1.69. The van der Waals surface area contributed by atoms with Crippen LogP contribution in [0.4, 0.5) is 4.39 Å². The number of aromatic amines is 1. The van der Waals surface area contributed by atoms with E-state index in [1.54, 1.807) is 0 Å². The summed E-state index contributed by atoms with van der Waals surface area (Å²) in [7, 11) is 0. The molecule has 0 aliphatic rings. The molecule has 2 aromatic rings. The van der Waals surface area contributed by atoms with Gasteiger partial charge in [-0.3, -0.25) is 4.79 Å². The second-order valence-electron chi connectivity index (χ2n) is 4.16. The zero-order valence-electron chi connectivity index (χ0n) is 10.3. The molecule has 0 saturated heterocycles. The van der Waals surface area contributed by atoms with Gasteiger partial charge in [-0.05, 0) is 18.2 Å². The molecule has 2 rings (SSSR count). The first-order chi connectivity index (χ1) is 9.56. The number of halogens is 1. The molecule has 1 aromatic carbocycles. The van der Waals surface area contributed by atoms with Crippen molar-refractivity contribution in [2.45, 2.75) is 12.5 Å². The van der Waals surface area contributed by atoms with E-state index in [2.05, 4.69) is 15.3 Å². The van der Waals surface area contributed by atoms with E-state index >= 15 is 0 Å². The number of aliphatic carboxylic acids is 1.